The van der Waals surface area contributed by atoms with Gasteiger partial charge in [-0.1, -0.05) is 20.8 Å². The highest BCUT2D eigenvalue weighted by atomic mass is 32.1. The predicted octanol–water partition coefficient (Wildman–Crippen LogP) is 3.37. The van der Waals surface area contributed by atoms with Crippen LogP contribution in [0.15, 0.2) is 0 Å². The number of thiazole rings is 1. The lowest BCUT2D eigenvalue weighted by atomic mass is 10.1. The molecule has 18 heavy (non-hydrogen) atoms. The number of hydrogen-bond donors (Lipinski definition) is 1. The molecule has 0 spiro atoms. The van der Waals surface area contributed by atoms with E-state index in [2.05, 4.69) is 31.0 Å². The van der Waals surface area contributed by atoms with E-state index in [1.54, 1.807) is 0 Å². The average molecular weight is 267 g/mol. The highest BCUT2D eigenvalue weighted by Gasteiger charge is 2.19. The number of aromatic nitrogens is 1. The first-order chi connectivity index (χ1) is 8.72. The van der Waals surface area contributed by atoms with Gasteiger partial charge in [-0.25, -0.2) is 4.98 Å². The molecule has 0 bridgehead atoms. The van der Waals surface area contributed by atoms with E-state index in [9.17, 15) is 0 Å². The Hall–Kier alpha value is -0.610. The van der Waals surface area contributed by atoms with E-state index >= 15 is 0 Å². The molecule has 1 aliphatic heterocycles. The van der Waals surface area contributed by atoms with Crippen molar-refractivity contribution in [1.29, 1.82) is 0 Å². The average Bonchev–Trinajstić information content (AvgIpc) is 2.81. The Morgan fingerprint density at radius 2 is 2.00 bits per heavy atom. The summed E-state index contributed by atoms with van der Waals surface area (Å²) in [4.78, 5) is 8.78. The summed E-state index contributed by atoms with van der Waals surface area (Å²) in [5, 5.41) is 4.67. The van der Waals surface area contributed by atoms with Crippen molar-refractivity contribution < 1.29 is 0 Å². The lowest BCUT2D eigenvalue weighted by Gasteiger charge is -2.25. The lowest BCUT2D eigenvalue weighted by molar-refractivity contribution is 0.576. The van der Waals surface area contributed by atoms with Gasteiger partial charge in [-0.15, -0.1) is 11.3 Å². The SMILES string of the molecule is CCNCc1sc(N2CCCCC2)nc1C(C)C. The van der Waals surface area contributed by atoms with Gasteiger partial charge in [0.05, 0.1) is 5.69 Å². The molecule has 0 atom stereocenters. The molecule has 4 heteroatoms. The molecule has 1 aromatic rings. The molecule has 0 saturated carbocycles. The molecule has 0 radical (unpaired) electrons. The van der Waals surface area contributed by atoms with Crippen molar-refractivity contribution in [3.63, 3.8) is 0 Å². The number of nitrogens with one attached hydrogen (secondary N) is 1. The van der Waals surface area contributed by atoms with Crippen LogP contribution in [0, 0.1) is 0 Å². The summed E-state index contributed by atoms with van der Waals surface area (Å²) in [7, 11) is 0. The third-order valence-corrected chi connectivity index (χ3v) is 4.56. The van der Waals surface area contributed by atoms with E-state index in [1.807, 2.05) is 11.3 Å². The number of hydrogen-bond acceptors (Lipinski definition) is 4. The van der Waals surface area contributed by atoms with Crippen molar-refractivity contribution in [2.24, 2.45) is 0 Å². The highest BCUT2D eigenvalue weighted by Crippen LogP contribution is 2.32. The van der Waals surface area contributed by atoms with Crippen LogP contribution in [0.1, 0.15) is 56.5 Å². The maximum atomic E-state index is 4.89. The molecule has 1 fully saturated rings. The first-order valence-corrected chi connectivity index (χ1v) is 7.99. The van der Waals surface area contributed by atoms with Gasteiger partial charge in [0.25, 0.3) is 0 Å². The first-order valence-electron chi connectivity index (χ1n) is 7.17. The number of rotatable bonds is 5. The minimum atomic E-state index is 0.522. The molecular formula is C14H25N3S. The fraction of sp³-hybridized carbons (Fsp3) is 0.786. The zero-order valence-electron chi connectivity index (χ0n) is 11.8. The van der Waals surface area contributed by atoms with Crippen molar-refractivity contribution >= 4 is 16.5 Å². The molecule has 2 heterocycles. The van der Waals surface area contributed by atoms with E-state index in [0.717, 1.165) is 13.1 Å². The van der Waals surface area contributed by atoms with Gasteiger partial charge in [0.2, 0.25) is 0 Å². The quantitative estimate of drug-likeness (QED) is 0.886. The summed E-state index contributed by atoms with van der Waals surface area (Å²) in [6.07, 6.45) is 4.02. The Bertz CT molecular complexity index is 367. The van der Waals surface area contributed by atoms with Crippen molar-refractivity contribution in [2.75, 3.05) is 24.5 Å². The van der Waals surface area contributed by atoms with E-state index in [-0.39, 0.29) is 0 Å². The van der Waals surface area contributed by atoms with Crippen LogP contribution >= 0.6 is 11.3 Å². The predicted molar refractivity (Wildman–Crippen MR) is 79.6 cm³/mol. The molecule has 0 unspecified atom stereocenters. The smallest absolute Gasteiger partial charge is 0.185 e. The van der Waals surface area contributed by atoms with Crippen LogP contribution in [0.2, 0.25) is 0 Å². The Morgan fingerprint density at radius 1 is 1.28 bits per heavy atom. The number of nitrogens with zero attached hydrogens (tertiary/aromatic N) is 2. The molecule has 1 saturated heterocycles. The van der Waals surface area contributed by atoms with Crippen molar-refractivity contribution in [3.05, 3.63) is 10.6 Å². The Morgan fingerprint density at radius 3 is 2.61 bits per heavy atom. The van der Waals surface area contributed by atoms with Gasteiger partial charge in [0, 0.05) is 24.5 Å². The normalized spacial score (nSPS) is 16.6. The van der Waals surface area contributed by atoms with E-state index < -0.39 is 0 Å². The van der Waals surface area contributed by atoms with Gasteiger partial charge < -0.3 is 10.2 Å². The first kappa shape index (κ1) is 13.8. The third-order valence-electron chi connectivity index (χ3n) is 3.43. The molecule has 3 nitrogen and oxygen atoms in total. The molecule has 0 aromatic carbocycles. The standard InChI is InChI=1S/C14H25N3S/c1-4-15-10-12-13(11(2)3)16-14(18-12)17-8-6-5-7-9-17/h11,15H,4-10H2,1-3H3. The topological polar surface area (TPSA) is 28.2 Å². The maximum Gasteiger partial charge on any atom is 0.185 e. The highest BCUT2D eigenvalue weighted by molar-refractivity contribution is 7.15. The molecule has 1 aromatic heterocycles. The maximum absolute atomic E-state index is 4.89. The van der Waals surface area contributed by atoms with Crippen molar-refractivity contribution in [3.8, 4) is 0 Å². The minimum Gasteiger partial charge on any atom is -0.348 e. The van der Waals surface area contributed by atoms with Gasteiger partial charge in [0.15, 0.2) is 5.13 Å². The van der Waals surface area contributed by atoms with Crippen LogP contribution in [-0.4, -0.2) is 24.6 Å². The summed E-state index contributed by atoms with van der Waals surface area (Å²) in [5.41, 5.74) is 1.29. The van der Waals surface area contributed by atoms with Gasteiger partial charge >= 0.3 is 0 Å². The zero-order chi connectivity index (χ0) is 13.0. The van der Waals surface area contributed by atoms with Crippen LogP contribution in [0.3, 0.4) is 0 Å². The van der Waals surface area contributed by atoms with Crippen molar-refractivity contribution in [2.45, 2.75) is 52.5 Å². The summed E-state index contributed by atoms with van der Waals surface area (Å²) in [6, 6.07) is 0. The molecular weight excluding hydrogens is 242 g/mol. The summed E-state index contributed by atoms with van der Waals surface area (Å²) >= 11 is 1.89. The summed E-state index contributed by atoms with van der Waals surface area (Å²) in [5.74, 6) is 0.522. The Balaban J connectivity index is 2.15. The largest absolute Gasteiger partial charge is 0.348 e. The Labute approximate surface area is 115 Å². The second kappa shape index (κ2) is 6.53. The molecule has 2 rings (SSSR count). The second-order valence-electron chi connectivity index (χ2n) is 5.29. The van der Waals surface area contributed by atoms with Crippen LogP contribution in [0.25, 0.3) is 0 Å². The van der Waals surface area contributed by atoms with Crippen LogP contribution in [0.4, 0.5) is 5.13 Å². The van der Waals surface area contributed by atoms with Crippen LogP contribution in [-0.2, 0) is 6.54 Å². The monoisotopic (exact) mass is 267 g/mol. The fourth-order valence-electron chi connectivity index (χ4n) is 2.39. The van der Waals surface area contributed by atoms with Gasteiger partial charge in [0.1, 0.15) is 0 Å². The summed E-state index contributed by atoms with van der Waals surface area (Å²) < 4.78 is 0. The minimum absolute atomic E-state index is 0.522. The fourth-order valence-corrected chi connectivity index (χ4v) is 3.62. The zero-order valence-corrected chi connectivity index (χ0v) is 12.6. The van der Waals surface area contributed by atoms with E-state index in [4.69, 9.17) is 4.98 Å². The lowest BCUT2D eigenvalue weighted by Crippen LogP contribution is -2.29. The van der Waals surface area contributed by atoms with E-state index in [1.165, 1.54) is 48.1 Å². The van der Waals surface area contributed by atoms with Crippen molar-refractivity contribution in [1.82, 2.24) is 10.3 Å². The molecule has 102 valence electrons. The molecule has 1 N–H and O–H groups in total. The number of anilines is 1. The van der Waals surface area contributed by atoms with Crippen LogP contribution in [0.5, 0.6) is 0 Å². The summed E-state index contributed by atoms with van der Waals surface area (Å²) in [6.45, 7) is 11.0. The number of piperidine rings is 1. The molecule has 0 aliphatic carbocycles. The van der Waals surface area contributed by atoms with Crippen LogP contribution < -0.4 is 10.2 Å². The van der Waals surface area contributed by atoms with Gasteiger partial charge in [-0.05, 0) is 31.7 Å². The molecule has 0 amide bonds. The Kier molecular flexibility index (Phi) is 5.01. The van der Waals surface area contributed by atoms with Gasteiger partial charge in [-0.2, -0.15) is 0 Å². The second-order valence-corrected chi connectivity index (χ2v) is 6.35. The van der Waals surface area contributed by atoms with E-state index in [0.29, 0.717) is 5.92 Å². The van der Waals surface area contributed by atoms with Gasteiger partial charge in [-0.3, -0.25) is 0 Å². The molecule has 1 aliphatic rings. The third kappa shape index (κ3) is 3.23.